The Kier molecular flexibility index (Phi) is 3.01. The quantitative estimate of drug-likeness (QED) is 0.828. The van der Waals surface area contributed by atoms with E-state index in [0.717, 1.165) is 5.69 Å². The van der Waals surface area contributed by atoms with Gasteiger partial charge < -0.3 is 10.3 Å². The maximum absolute atomic E-state index is 11.9. The second-order valence-electron chi connectivity index (χ2n) is 4.14. The highest BCUT2D eigenvalue weighted by Crippen LogP contribution is 2.08. The Labute approximate surface area is 104 Å². The first-order chi connectivity index (χ1) is 8.47. The molecule has 0 aliphatic carbocycles. The van der Waals surface area contributed by atoms with Crippen LogP contribution in [0.2, 0.25) is 0 Å². The van der Waals surface area contributed by atoms with Crippen molar-refractivity contribution in [1.82, 2.24) is 14.8 Å². The van der Waals surface area contributed by atoms with Gasteiger partial charge in [0, 0.05) is 31.1 Å². The Balaban J connectivity index is 2.27. The normalized spacial score (nSPS) is 10.4. The molecule has 2 aromatic heterocycles. The van der Waals surface area contributed by atoms with Gasteiger partial charge in [0.15, 0.2) is 5.43 Å². The van der Waals surface area contributed by atoms with Gasteiger partial charge in [-0.15, -0.1) is 0 Å². The number of aryl methyl sites for hydroxylation is 3. The first kappa shape index (κ1) is 12.1. The molecule has 1 amide bonds. The van der Waals surface area contributed by atoms with Gasteiger partial charge in [0.1, 0.15) is 11.4 Å². The van der Waals surface area contributed by atoms with E-state index in [9.17, 15) is 9.59 Å². The van der Waals surface area contributed by atoms with Gasteiger partial charge in [-0.25, -0.2) is 0 Å². The molecule has 0 unspecified atom stereocenters. The van der Waals surface area contributed by atoms with Crippen LogP contribution in [0.3, 0.4) is 0 Å². The summed E-state index contributed by atoms with van der Waals surface area (Å²) < 4.78 is 1.55. The lowest BCUT2D eigenvalue weighted by Crippen LogP contribution is -2.22. The average Bonchev–Trinajstić information content (AvgIpc) is 2.57. The number of carbonyl (C=O) groups is 1. The predicted molar refractivity (Wildman–Crippen MR) is 67.7 cm³/mol. The Morgan fingerprint density at radius 1 is 1.39 bits per heavy atom. The average molecular weight is 246 g/mol. The lowest BCUT2D eigenvalue weighted by atomic mass is 10.2. The zero-order valence-electron chi connectivity index (χ0n) is 10.4. The molecule has 0 bridgehead atoms. The number of anilines is 1. The number of carbonyl (C=O) groups excluding carboxylic acids is 1. The van der Waals surface area contributed by atoms with Crippen molar-refractivity contribution in [1.29, 1.82) is 0 Å². The molecule has 0 aliphatic heterocycles. The number of aromatic amines is 1. The van der Waals surface area contributed by atoms with Crippen molar-refractivity contribution in [2.75, 3.05) is 5.32 Å². The molecular formula is C12H14N4O2. The maximum atomic E-state index is 11.9. The number of rotatable bonds is 2. The van der Waals surface area contributed by atoms with Crippen molar-refractivity contribution in [2.45, 2.75) is 13.8 Å². The first-order valence-corrected chi connectivity index (χ1v) is 5.48. The van der Waals surface area contributed by atoms with Crippen LogP contribution in [0.25, 0.3) is 0 Å². The standard InChI is InChI=1S/C12H14N4O2/c1-7-4-10(17)9(6-13-7)12(18)14-11-5-8(2)15-16(11)3/h4-6H,1-3H3,(H,13,17)(H,14,18). The van der Waals surface area contributed by atoms with E-state index in [1.54, 1.807) is 24.7 Å². The van der Waals surface area contributed by atoms with Crippen molar-refractivity contribution in [3.8, 4) is 0 Å². The first-order valence-electron chi connectivity index (χ1n) is 5.48. The fraction of sp³-hybridized carbons (Fsp3) is 0.250. The van der Waals surface area contributed by atoms with Crippen LogP contribution in [0.1, 0.15) is 21.7 Å². The molecule has 0 radical (unpaired) electrons. The molecule has 2 aromatic rings. The summed E-state index contributed by atoms with van der Waals surface area (Å²) in [5.74, 6) is 0.108. The third-order valence-corrected chi connectivity index (χ3v) is 2.55. The molecule has 0 saturated carbocycles. The third-order valence-electron chi connectivity index (χ3n) is 2.55. The summed E-state index contributed by atoms with van der Waals surface area (Å²) in [6.07, 6.45) is 1.41. The molecule has 2 rings (SSSR count). The molecule has 0 aliphatic rings. The number of amides is 1. The van der Waals surface area contributed by atoms with Gasteiger partial charge in [0.05, 0.1) is 5.69 Å². The second-order valence-corrected chi connectivity index (χ2v) is 4.14. The van der Waals surface area contributed by atoms with E-state index in [4.69, 9.17) is 0 Å². The summed E-state index contributed by atoms with van der Waals surface area (Å²) in [5, 5.41) is 6.76. The number of nitrogens with zero attached hydrogens (tertiary/aromatic N) is 2. The number of hydrogen-bond donors (Lipinski definition) is 2. The number of hydrogen-bond acceptors (Lipinski definition) is 3. The zero-order valence-corrected chi connectivity index (χ0v) is 10.4. The molecule has 0 aromatic carbocycles. The molecule has 0 saturated heterocycles. The fourth-order valence-corrected chi connectivity index (χ4v) is 1.66. The minimum atomic E-state index is -0.445. The predicted octanol–water partition coefficient (Wildman–Crippen LogP) is 0.978. The highest BCUT2D eigenvalue weighted by Gasteiger charge is 2.12. The van der Waals surface area contributed by atoms with E-state index in [1.807, 2.05) is 6.92 Å². The number of pyridine rings is 1. The molecule has 0 atom stereocenters. The highest BCUT2D eigenvalue weighted by atomic mass is 16.2. The van der Waals surface area contributed by atoms with Gasteiger partial charge in [-0.3, -0.25) is 14.3 Å². The summed E-state index contributed by atoms with van der Waals surface area (Å²) in [7, 11) is 1.72. The van der Waals surface area contributed by atoms with E-state index in [1.165, 1.54) is 12.3 Å². The second kappa shape index (κ2) is 4.48. The summed E-state index contributed by atoms with van der Waals surface area (Å²) in [5.41, 5.74) is 1.29. The molecule has 2 heterocycles. The minimum absolute atomic E-state index is 0.0828. The number of nitrogens with one attached hydrogen (secondary N) is 2. The SMILES string of the molecule is Cc1cc(NC(=O)c2c[nH]c(C)cc2=O)n(C)n1. The molecule has 0 fully saturated rings. The number of H-pyrrole nitrogens is 1. The number of aromatic nitrogens is 3. The van der Waals surface area contributed by atoms with Gasteiger partial charge in [-0.05, 0) is 13.8 Å². The van der Waals surface area contributed by atoms with Crippen molar-refractivity contribution in [3.63, 3.8) is 0 Å². The van der Waals surface area contributed by atoms with Crippen molar-refractivity contribution >= 4 is 11.7 Å². The molecular weight excluding hydrogens is 232 g/mol. The van der Waals surface area contributed by atoms with E-state index < -0.39 is 5.91 Å². The summed E-state index contributed by atoms with van der Waals surface area (Å²) in [6.45, 7) is 3.59. The van der Waals surface area contributed by atoms with E-state index in [2.05, 4.69) is 15.4 Å². The Morgan fingerprint density at radius 2 is 2.11 bits per heavy atom. The van der Waals surface area contributed by atoms with Crippen LogP contribution in [0.4, 0.5) is 5.82 Å². The molecule has 18 heavy (non-hydrogen) atoms. The van der Waals surface area contributed by atoms with Gasteiger partial charge in [0.25, 0.3) is 5.91 Å². The van der Waals surface area contributed by atoms with Crippen molar-refractivity contribution in [2.24, 2.45) is 7.05 Å². The summed E-state index contributed by atoms with van der Waals surface area (Å²) >= 11 is 0. The van der Waals surface area contributed by atoms with Crippen LogP contribution in [0.15, 0.2) is 23.1 Å². The largest absolute Gasteiger partial charge is 0.364 e. The van der Waals surface area contributed by atoms with E-state index >= 15 is 0 Å². The van der Waals surface area contributed by atoms with Crippen LogP contribution >= 0.6 is 0 Å². The van der Waals surface area contributed by atoms with Crippen LogP contribution in [-0.2, 0) is 7.05 Å². The Hall–Kier alpha value is -2.37. The van der Waals surface area contributed by atoms with Crippen LogP contribution in [-0.4, -0.2) is 20.7 Å². The molecule has 94 valence electrons. The zero-order chi connectivity index (χ0) is 13.3. The lowest BCUT2D eigenvalue weighted by Gasteiger charge is -2.04. The van der Waals surface area contributed by atoms with Crippen LogP contribution < -0.4 is 10.7 Å². The third kappa shape index (κ3) is 2.32. The van der Waals surface area contributed by atoms with Gasteiger partial charge in [-0.2, -0.15) is 5.10 Å². The molecule has 6 nitrogen and oxygen atoms in total. The summed E-state index contributed by atoms with van der Waals surface area (Å²) in [6, 6.07) is 3.13. The lowest BCUT2D eigenvalue weighted by molar-refractivity contribution is 0.102. The summed E-state index contributed by atoms with van der Waals surface area (Å²) in [4.78, 5) is 26.4. The van der Waals surface area contributed by atoms with Crippen LogP contribution in [0, 0.1) is 13.8 Å². The molecule has 6 heteroatoms. The minimum Gasteiger partial charge on any atom is -0.364 e. The van der Waals surface area contributed by atoms with Crippen LogP contribution in [0.5, 0.6) is 0 Å². The Bertz CT molecular complexity index is 654. The molecule has 0 spiro atoms. The molecule has 2 N–H and O–H groups in total. The topological polar surface area (TPSA) is 79.8 Å². The monoisotopic (exact) mass is 246 g/mol. The fourth-order valence-electron chi connectivity index (χ4n) is 1.66. The van der Waals surface area contributed by atoms with Crippen molar-refractivity contribution < 1.29 is 4.79 Å². The van der Waals surface area contributed by atoms with Gasteiger partial charge in [-0.1, -0.05) is 0 Å². The van der Waals surface area contributed by atoms with Gasteiger partial charge >= 0.3 is 0 Å². The smallest absolute Gasteiger partial charge is 0.262 e. The highest BCUT2D eigenvalue weighted by molar-refractivity contribution is 6.03. The van der Waals surface area contributed by atoms with E-state index in [-0.39, 0.29) is 11.0 Å². The maximum Gasteiger partial charge on any atom is 0.262 e. The Morgan fingerprint density at radius 3 is 2.67 bits per heavy atom. The van der Waals surface area contributed by atoms with Crippen molar-refractivity contribution in [3.05, 3.63) is 45.5 Å². The van der Waals surface area contributed by atoms with E-state index in [0.29, 0.717) is 11.5 Å². The van der Waals surface area contributed by atoms with Gasteiger partial charge in [0.2, 0.25) is 0 Å².